The van der Waals surface area contributed by atoms with Gasteiger partial charge >= 0.3 is 5.97 Å². The zero-order valence-corrected chi connectivity index (χ0v) is 24.3. The third-order valence-corrected chi connectivity index (χ3v) is 6.84. The molecule has 0 saturated carbocycles. The summed E-state index contributed by atoms with van der Waals surface area (Å²) in [4.78, 5) is 74.1. The predicted molar refractivity (Wildman–Crippen MR) is 155 cm³/mol. The van der Waals surface area contributed by atoms with Crippen LogP contribution in [-0.2, 0) is 24.0 Å². The van der Waals surface area contributed by atoms with Gasteiger partial charge in [-0.15, -0.1) is 0 Å². The molecule has 0 spiro atoms. The Balaban J connectivity index is 1.80. The van der Waals surface area contributed by atoms with Crippen LogP contribution < -0.4 is 25.4 Å². The highest BCUT2D eigenvalue weighted by Gasteiger charge is 2.37. The summed E-state index contributed by atoms with van der Waals surface area (Å²) >= 11 is 0. The lowest BCUT2D eigenvalue weighted by molar-refractivity contribution is -0.140. The van der Waals surface area contributed by atoms with E-state index in [0.29, 0.717) is 22.6 Å². The number of hydrogen-bond donors (Lipinski definition) is 4. The average Bonchev–Trinajstić information content (AvgIpc) is 3.42. The molecule has 43 heavy (non-hydrogen) atoms. The predicted octanol–water partition coefficient (Wildman–Crippen LogP) is 2.63. The Morgan fingerprint density at radius 1 is 0.907 bits per heavy atom. The molecule has 12 nitrogen and oxygen atoms in total. The fourth-order valence-electron chi connectivity index (χ4n) is 4.60. The van der Waals surface area contributed by atoms with E-state index in [1.54, 1.807) is 52.0 Å². The first kappa shape index (κ1) is 32.5. The first-order chi connectivity index (χ1) is 20.4. The molecule has 2 aromatic rings. The second-order valence-corrected chi connectivity index (χ2v) is 10.7. The first-order valence-corrected chi connectivity index (χ1v) is 13.7. The van der Waals surface area contributed by atoms with E-state index < -0.39 is 59.3 Å². The lowest BCUT2D eigenvalue weighted by atomic mass is 9.83. The number of carbonyl (C=O) groups excluding carboxylic acids is 5. The number of Topliss-reactive ketones (excluding diaryl/α,β-unsaturated/α-hetero) is 1. The van der Waals surface area contributed by atoms with E-state index in [9.17, 15) is 33.9 Å². The summed E-state index contributed by atoms with van der Waals surface area (Å²) in [6, 6.07) is 8.94. The van der Waals surface area contributed by atoms with Gasteiger partial charge in [0, 0.05) is 6.08 Å². The second-order valence-electron chi connectivity index (χ2n) is 10.7. The van der Waals surface area contributed by atoms with E-state index in [1.807, 2.05) is 5.32 Å². The van der Waals surface area contributed by atoms with Crippen LogP contribution in [0.3, 0.4) is 0 Å². The molecule has 0 fully saturated rings. The van der Waals surface area contributed by atoms with E-state index in [-0.39, 0.29) is 25.2 Å². The molecule has 0 aromatic heterocycles. The minimum absolute atomic E-state index is 0.0276. The van der Waals surface area contributed by atoms with Crippen molar-refractivity contribution in [2.24, 2.45) is 17.8 Å². The summed E-state index contributed by atoms with van der Waals surface area (Å²) in [5, 5.41) is 16.7. The van der Waals surface area contributed by atoms with Gasteiger partial charge < -0.3 is 25.2 Å². The Morgan fingerprint density at radius 2 is 1.58 bits per heavy atom. The largest absolute Gasteiger partial charge is 0.478 e. The van der Waals surface area contributed by atoms with Crippen LogP contribution in [0.5, 0.6) is 11.5 Å². The quantitative estimate of drug-likeness (QED) is 0.146. The monoisotopic (exact) mass is 593 g/mol. The number of aromatic carboxylic acids is 1. The smallest absolute Gasteiger partial charge is 0.335 e. The molecule has 1 heterocycles. The van der Waals surface area contributed by atoms with Crippen molar-refractivity contribution < 1.29 is 43.3 Å². The number of ether oxygens (including phenoxy) is 2. The molecule has 4 amide bonds. The van der Waals surface area contributed by atoms with Crippen LogP contribution in [0.4, 0.5) is 0 Å². The van der Waals surface area contributed by atoms with E-state index in [4.69, 9.17) is 9.47 Å². The molecule has 1 unspecified atom stereocenters. The standard InChI is InChI=1S/C31H35N3O9/c1-17(2)27(30(39)32-15-35)29(38)28(18(3)4)34-26(37)14-22(20-7-9-21(10-8-20)31(40)41)33-25(36)12-6-19-5-11-23-24(13-19)43-16-42-23/h5-13,15,17-18,22,27-28H,14,16H2,1-4H3,(H,33,36)(H,34,37)(H,40,41)(H,32,35,39)/b12-6+/t22?,27-,28+/m1/s1. The van der Waals surface area contributed by atoms with Crippen molar-refractivity contribution in [1.82, 2.24) is 16.0 Å². The zero-order chi connectivity index (χ0) is 31.7. The number of carboxylic acid groups (broad SMARTS) is 1. The number of fused-ring (bicyclic) bond motifs is 1. The number of rotatable bonds is 14. The van der Waals surface area contributed by atoms with Crippen molar-refractivity contribution in [2.75, 3.05) is 6.79 Å². The normalized spacial score (nSPS) is 14.2. The van der Waals surface area contributed by atoms with Crippen LogP contribution in [0.1, 0.15) is 61.6 Å². The van der Waals surface area contributed by atoms with Crippen molar-refractivity contribution >= 4 is 42.0 Å². The van der Waals surface area contributed by atoms with E-state index >= 15 is 0 Å². The number of carbonyl (C=O) groups is 6. The molecule has 1 aliphatic rings. The van der Waals surface area contributed by atoms with Crippen LogP contribution in [0.25, 0.3) is 6.08 Å². The molecule has 0 bridgehead atoms. The molecular formula is C31H35N3O9. The van der Waals surface area contributed by atoms with Crippen LogP contribution >= 0.6 is 0 Å². The van der Waals surface area contributed by atoms with E-state index in [1.165, 1.54) is 30.3 Å². The molecule has 4 N–H and O–H groups in total. The first-order valence-electron chi connectivity index (χ1n) is 13.7. The van der Waals surface area contributed by atoms with Crippen molar-refractivity contribution in [3.05, 3.63) is 65.2 Å². The van der Waals surface area contributed by atoms with Crippen molar-refractivity contribution in [1.29, 1.82) is 0 Å². The van der Waals surface area contributed by atoms with Crippen molar-refractivity contribution in [3.8, 4) is 11.5 Å². The maximum atomic E-state index is 13.4. The third-order valence-electron chi connectivity index (χ3n) is 6.84. The summed E-state index contributed by atoms with van der Waals surface area (Å²) < 4.78 is 10.6. The number of hydrogen-bond acceptors (Lipinski definition) is 8. The zero-order valence-electron chi connectivity index (χ0n) is 24.3. The fourth-order valence-corrected chi connectivity index (χ4v) is 4.60. The van der Waals surface area contributed by atoms with Gasteiger partial charge in [-0.05, 0) is 53.3 Å². The van der Waals surface area contributed by atoms with Crippen LogP contribution in [-0.4, -0.2) is 53.8 Å². The van der Waals surface area contributed by atoms with Gasteiger partial charge in [0.25, 0.3) is 0 Å². The van der Waals surface area contributed by atoms with E-state index in [2.05, 4.69) is 10.6 Å². The summed E-state index contributed by atoms with van der Waals surface area (Å²) in [7, 11) is 0. The van der Waals surface area contributed by atoms with Gasteiger partial charge in [0.15, 0.2) is 17.3 Å². The lowest BCUT2D eigenvalue weighted by Crippen LogP contribution is -2.51. The van der Waals surface area contributed by atoms with Gasteiger partial charge in [-0.1, -0.05) is 45.9 Å². The highest BCUT2D eigenvalue weighted by Crippen LogP contribution is 2.32. The summed E-state index contributed by atoms with van der Waals surface area (Å²) in [6.45, 7) is 6.86. The topological polar surface area (TPSA) is 177 Å². The Hall–Kier alpha value is -5.00. The number of ketones is 1. The molecule has 3 atom stereocenters. The van der Waals surface area contributed by atoms with Crippen molar-refractivity contribution in [2.45, 2.75) is 46.2 Å². The minimum Gasteiger partial charge on any atom is -0.478 e. The lowest BCUT2D eigenvalue weighted by Gasteiger charge is -2.28. The number of imide groups is 1. The molecule has 0 saturated heterocycles. The van der Waals surface area contributed by atoms with Crippen LogP contribution in [0.15, 0.2) is 48.5 Å². The minimum atomic E-state index is -1.17. The van der Waals surface area contributed by atoms with Gasteiger partial charge in [0.05, 0.1) is 24.1 Å². The van der Waals surface area contributed by atoms with Gasteiger partial charge in [-0.3, -0.25) is 29.3 Å². The van der Waals surface area contributed by atoms with Crippen molar-refractivity contribution in [3.63, 3.8) is 0 Å². The third kappa shape index (κ3) is 8.74. The Morgan fingerprint density at radius 3 is 2.19 bits per heavy atom. The maximum Gasteiger partial charge on any atom is 0.335 e. The summed E-state index contributed by atoms with van der Waals surface area (Å²) in [5.41, 5.74) is 1.17. The molecule has 228 valence electrons. The highest BCUT2D eigenvalue weighted by atomic mass is 16.7. The molecule has 1 aliphatic heterocycles. The molecule has 2 aromatic carbocycles. The molecular weight excluding hydrogens is 558 g/mol. The number of carboxylic acids is 1. The SMILES string of the molecule is CC(C)[C@@H](C(=O)NC=O)C(=O)[C@@H](NC(=O)CC(NC(=O)/C=C/c1ccc2c(c1)OCO2)c1ccc(C(=O)O)cc1)C(C)C. The van der Waals surface area contributed by atoms with E-state index in [0.717, 1.165) is 0 Å². The molecule has 0 aliphatic carbocycles. The molecule has 3 rings (SSSR count). The molecule has 0 radical (unpaired) electrons. The number of nitrogens with one attached hydrogen (secondary N) is 3. The highest BCUT2D eigenvalue weighted by molar-refractivity contribution is 6.07. The average molecular weight is 594 g/mol. The van der Waals surface area contributed by atoms with Crippen LogP contribution in [0.2, 0.25) is 0 Å². The maximum absolute atomic E-state index is 13.4. The number of amides is 4. The van der Waals surface area contributed by atoms with Gasteiger partial charge in [0.2, 0.25) is 30.9 Å². The van der Waals surface area contributed by atoms with Gasteiger partial charge in [-0.25, -0.2) is 4.79 Å². The Labute approximate surface area is 248 Å². The fraction of sp³-hybridized carbons (Fsp3) is 0.355. The number of benzene rings is 2. The van der Waals surface area contributed by atoms with Crippen LogP contribution in [0, 0.1) is 17.8 Å². The summed E-state index contributed by atoms with van der Waals surface area (Å²) in [5.74, 6) is -4.41. The van der Waals surface area contributed by atoms with Gasteiger partial charge in [-0.2, -0.15) is 0 Å². The Bertz CT molecular complexity index is 1400. The summed E-state index contributed by atoms with van der Waals surface area (Å²) in [6.07, 6.45) is 2.76. The molecule has 12 heteroatoms. The van der Waals surface area contributed by atoms with Gasteiger partial charge in [0.1, 0.15) is 5.92 Å². The second kappa shape index (κ2) is 14.8. The Kier molecular flexibility index (Phi) is 11.2.